The molecular formula is C19H16N2O5. The Morgan fingerprint density at radius 2 is 1.92 bits per heavy atom. The van der Waals surface area contributed by atoms with Gasteiger partial charge in [-0.05, 0) is 37.2 Å². The average Bonchev–Trinajstić information content (AvgIpc) is 2.63. The fraction of sp³-hybridized carbons (Fsp3) is 0.105. The standard InChI is InChI=1S/C19H16N2O5/c1-11-15-9-13(26-12-5-3-2-4-6-12)7-8-14(15)18(24)17(21-11)19(25)20-10-16(22)23/h2-9,24H,10H2,1H3,(H,20,25)(H,22,23)/i8D. The number of rotatable bonds is 5. The molecule has 0 spiro atoms. The van der Waals surface area contributed by atoms with Crippen LogP contribution in [0.2, 0.25) is 0 Å². The maximum atomic E-state index is 12.1. The second-order valence-corrected chi connectivity index (χ2v) is 5.51. The molecule has 7 heteroatoms. The third-order valence-corrected chi connectivity index (χ3v) is 3.64. The highest BCUT2D eigenvalue weighted by Crippen LogP contribution is 2.33. The van der Waals surface area contributed by atoms with Gasteiger partial charge in [-0.15, -0.1) is 0 Å². The van der Waals surface area contributed by atoms with Gasteiger partial charge in [0.2, 0.25) is 0 Å². The lowest BCUT2D eigenvalue weighted by atomic mass is 10.1. The van der Waals surface area contributed by atoms with Gasteiger partial charge < -0.3 is 20.3 Å². The summed E-state index contributed by atoms with van der Waals surface area (Å²) in [6, 6.07) is 12.0. The first-order chi connectivity index (χ1) is 12.9. The molecule has 0 aliphatic heterocycles. The number of carboxylic acid groups (broad SMARTS) is 1. The largest absolute Gasteiger partial charge is 0.505 e. The van der Waals surface area contributed by atoms with Crippen LogP contribution in [-0.2, 0) is 4.79 Å². The summed E-state index contributed by atoms with van der Waals surface area (Å²) < 4.78 is 14.0. The molecule has 1 aromatic heterocycles. The molecule has 3 aromatic rings. The van der Waals surface area contributed by atoms with E-state index < -0.39 is 24.2 Å². The van der Waals surface area contributed by atoms with Gasteiger partial charge in [-0.2, -0.15) is 0 Å². The molecule has 0 unspecified atom stereocenters. The van der Waals surface area contributed by atoms with Crippen molar-refractivity contribution >= 4 is 22.6 Å². The molecule has 2 aromatic carbocycles. The number of hydrogen-bond acceptors (Lipinski definition) is 5. The number of para-hydroxylation sites is 1. The van der Waals surface area contributed by atoms with E-state index in [0.717, 1.165) is 0 Å². The molecule has 1 amide bonds. The molecule has 0 saturated heterocycles. The molecule has 0 bridgehead atoms. The highest BCUT2D eigenvalue weighted by atomic mass is 16.5. The summed E-state index contributed by atoms with van der Waals surface area (Å²) in [6.07, 6.45) is 0. The summed E-state index contributed by atoms with van der Waals surface area (Å²) in [5.74, 6) is -1.54. The van der Waals surface area contributed by atoms with Gasteiger partial charge in [-0.25, -0.2) is 4.98 Å². The Labute approximate surface area is 150 Å². The molecule has 0 aliphatic rings. The van der Waals surface area contributed by atoms with Crippen LogP contribution in [0.4, 0.5) is 0 Å². The molecule has 3 rings (SSSR count). The second kappa shape index (κ2) is 7.10. The van der Waals surface area contributed by atoms with E-state index in [1.807, 2.05) is 18.2 Å². The summed E-state index contributed by atoms with van der Waals surface area (Å²) in [7, 11) is 0. The zero-order valence-corrected chi connectivity index (χ0v) is 13.8. The lowest BCUT2D eigenvalue weighted by Crippen LogP contribution is -2.30. The van der Waals surface area contributed by atoms with Crippen molar-refractivity contribution < 1.29 is 25.9 Å². The molecule has 0 saturated carbocycles. The first-order valence-electron chi connectivity index (χ1n) is 8.23. The summed E-state index contributed by atoms with van der Waals surface area (Å²) in [5.41, 5.74) is 0.0711. The van der Waals surface area contributed by atoms with Gasteiger partial charge in [0.25, 0.3) is 5.91 Å². The minimum Gasteiger partial charge on any atom is -0.505 e. The van der Waals surface area contributed by atoms with Gasteiger partial charge in [-0.3, -0.25) is 9.59 Å². The molecule has 0 atom stereocenters. The Bertz CT molecular complexity index is 1040. The molecular weight excluding hydrogens is 336 g/mol. The number of amides is 1. The number of aliphatic carboxylic acids is 1. The lowest BCUT2D eigenvalue weighted by molar-refractivity contribution is -0.135. The van der Waals surface area contributed by atoms with Crippen molar-refractivity contribution in [3.8, 4) is 17.2 Å². The normalized spacial score (nSPS) is 11.0. The van der Waals surface area contributed by atoms with E-state index in [-0.39, 0.29) is 17.1 Å². The maximum absolute atomic E-state index is 12.1. The number of ether oxygens (including phenoxy) is 1. The van der Waals surface area contributed by atoms with Gasteiger partial charge in [0.05, 0.1) is 1.37 Å². The minimum atomic E-state index is -1.22. The van der Waals surface area contributed by atoms with Gasteiger partial charge in [0.15, 0.2) is 11.4 Å². The maximum Gasteiger partial charge on any atom is 0.322 e. The zero-order chi connectivity index (χ0) is 19.6. The number of aryl methyl sites for hydroxylation is 1. The Balaban J connectivity index is 2.04. The van der Waals surface area contributed by atoms with Gasteiger partial charge >= 0.3 is 5.97 Å². The number of nitrogens with one attached hydrogen (secondary N) is 1. The van der Waals surface area contributed by atoms with E-state index in [2.05, 4.69) is 10.3 Å². The van der Waals surface area contributed by atoms with E-state index in [1.54, 1.807) is 25.1 Å². The van der Waals surface area contributed by atoms with Crippen LogP contribution in [-0.4, -0.2) is 33.6 Å². The van der Waals surface area contributed by atoms with Crippen molar-refractivity contribution in [1.82, 2.24) is 10.3 Å². The number of hydrogen-bond donors (Lipinski definition) is 3. The first kappa shape index (κ1) is 15.9. The first-order valence-corrected chi connectivity index (χ1v) is 7.73. The van der Waals surface area contributed by atoms with E-state index >= 15 is 0 Å². The predicted octanol–water partition coefficient (Wildman–Crippen LogP) is 2.86. The van der Waals surface area contributed by atoms with Crippen LogP contribution in [0.5, 0.6) is 17.2 Å². The SMILES string of the molecule is [2H]c1cc(Oc2ccccc2)cc2c(C)nc(C(=O)NCC(=O)O)c(O)c12. The molecule has 3 N–H and O–H groups in total. The summed E-state index contributed by atoms with van der Waals surface area (Å²) in [6.45, 7) is 1.02. The van der Waals surface area contributed by atoms with Crippen molar-refractivity contribution in [2.75, 3.05) is 6.54 Å². The number of carbonyl (C=O) groups excluding carboxylic acids is 1. The van der Waals surface area contributed by atoms with Crippen LogP contribution in [0.3, 0.4) is 0 Å². The number of nitrogens with zero attached hydrogens (tertiary/aromatic N) is 1. The topological polar surface area (TPSA) is 109 Å². The molecule has 26 heavy (non-hydrogen) atoms. The number of carboxylic acids is 1. The fourth-order valence-corrected chi connectivity index (χ4v) is 2.44. The highest BCUT2D eigenvalue weighted by molar-refractivity contribution is 6.03. The molecule has 132 valence electrons. The second-order valence-electron chi connectivity index (χ2n) is 5.51. The number of fused-ring (bicyclic) bond motifs is 1. The van der Waals surface area contributed by atoms with Crippen molar-refractivity contribution in [2.24, 2.45) is 0 Å². The summed E-state index contributed by atoms with van der Waals surface area (Å²) >= 11 is 0. The molecule has 0 fully saturated rings. The molecule has 0 aliphatic carbocycles. The quantitative estimate of drug-likeness (QED) is 0.651. The smallest absolute Gasteiger partial charge is 0.322 e. The van der Waals surface area contributed by atoms with Crippen molar-refractivity contribution in [3.05, 3.63) is 59.9 Å². The number of benzene rings is 2. The fourth-order valence-electron chi connectivity index (χ4n) is 2.44. The number of pyridine rings is 1. The van der Waals surface area contributed by atoms with Crippen LogP contribution in [0.15, 0.2) is 48.5 Å². The highest BCUT2D eigenvalue weighted by Gasteiger charge is 2.18. The monoisotopic (exact) mass is 353 g/mol. The van der Waals surface area contributed by atoms with Crippen molar-refractivity contribution in [2.45, 2.75) is 6.92 Å². The van der Waals surface area contributed by atoms with Crippen LogP contribution in [0, 0.1) is 6.92 Å². The van der Waals surface area contributed by atoms with Crippen molar-refractivity contribution in [1.29, 1.82) is 0 Å². The van der Waals surface area contributed by atoms with E-state index in [1.165, 1.54) is 6.07 Å². The van der Waals surface area contributed by atoms with Crippen molar-refractivity contribution in [3.63, 3.8) is 0 Å². The third kappa shape index (κ3) is 3.56. The zero-order valence-electron chi connectivity index (χ0n) is 14.8. The van der Waals surface area contributed by atoms with Gasteiger partial charge in [0.1, 0.15) is 18.0 Å². The van der Waals surface area contributed by atoms with Crippen LogP contribution < -0.4 is 10.1 Å². The predicted molar refractivity (Wildman–Crippen MR) is 94.6 cm³/mol. The molecule has 1 heterocycles. The molecule has 0 radical (unpaired) electrons. The molecule has 7 nitrogen and oxygen atoms in total. The van der Waals surface area contributed by atoms with Crippen LogP contribution >= 0.6 is 0 Å². The number of carbonyl (C=O) groups is 2. The van der Waals surface area contributed by atoms with Gasteiger partial charge in [-0.1, -0.05) is 18.2 Å². The summed E-state index contributed by atoms with van der Waals surface area (Å²) in [5, 5.41) is 21.8. The van der Waals surface area contributed by atoms with E-state index in [0.29, 0.717) is 22.6 Å². The lowest BCUT2D eigenvalue weighted by Gasteiger charge is -2.12. The Hall–Kier alpha value is -3.61. The van der Waals surface area contributed by atoms with Gasteiger partial charge in [0, 0.05) is 16.5 Å². The average molecular weight is 353 g/mol. The number of aromatic hydroxyl groups is 1. The Morgan fingerprint density at radius 1 is 1.19 bits per heavy atom. The van der Waals surface area contributed by atoms with E-state index in [9.17, 15) is 14.7 Å². The van der Waals surface area contributed by atoms with Crippen LogP contribution in [0.25, 0.3) is 10.8 Å². The van der Waals surface area contributed by atoms with Crippen LogP contribution in [0.1, 0.15) is 17.6 Å². The Kier molecular flexibility index (Phi) is 4.34. The summed E-state index contributed by atoms with van der Waals surface area (Å²) in [4.78, 5) is 26.8. The Morgan fingerprint density at radius 3 is 2.62 bits per heavy atom. The number of aromatic nitrogens is 1. The third-order valence-electron chi connectivity index (χ3n) is 3.64. The minimum absolute atomic E-state index is 0.0475. The van der Waals surface area contributed by atoms with E-state index in [4.69, 9.17) is 11.2 Å².